The highest BCUT2D eigenvalue weighted by Crippen LogP contribution is 2.21. The quantitative estimate of drug-likeness (QED) is 0.732. The van der Waals surface area contributed by atoms with Gasteiger partial charge in [0.05, 0.1) is 0 Å². The Morgan fingerprint density at radius 2 is 1.71 bits per heavy atom. The summed E-state index contributed by atoms with van der Waals surface area (Å²) in [6.45, 7) is 8.87. The molecule has 0 aromatic heterocycles. The van der Waals surface area contributed by atoms with Gasteiger partial charge in [0, 0.05) is 26.2 Å². The molecule has 3 nitrogen and oxygen atoms in total. The highest BCUT2D eigenvalue weighted by Gasteiger charge is 2.16. The molecule has 0 aliphatic carbocycles. The Kier molecular flexibility index (Phi) is 5.75. The zero-order chi connectivity index (χ0) is 11.9. The van der Waals surface area contributed by atoms with Crippen LogP contribution in [0.15, 0.2) is 0 Å². The average molecular weight is 239 g/mol. The number of unbranched alkanes of at least 4 members (excludes halogenated alkanes) is 1. The number of piperazine rings is 1. The first kappa shape index (κ1) is 13.3. The van der Waals surface area contributed by atoms with Gasteiger partial charge in [0.2, 0.25) is 0 Å². The fraction of sp³-hybridized carbons (Fsp3) is 1.00. The highest BCUT2D eigenvalue weighted by molar-refractivity contribution is 4.71. The van der Waals surface area contributed by atoms with Crippen molar-refractivity contribution in [3.63, 3.8) is 0 Å². The number of nitrogens with zero attached hydrogens (tertiary/aromatic N) is 2. The smallest absolute Gasteiger partial charge is 0.0107 e. The molecule has 0 radical (unpaired) electrons. The van der Waals surface area contributed by atoms with Crippen molar-refractivity contribution < 1.29 is 0 Å². The zero-order valence-electron chi connectivity index (χ0n) is 11.5. The van der Waals surface area contributed by atoms with Crippen LogP contribution in [0.5, 0.6) is 0 Å². The molecule has 0 spiro atoms. The highest BCUT2D eigenvalue weighted by atomic mass is 15.2. The number of piperidine rings is 1. The summed E-state index contributed by atoms with van der Waals surface area (Å²) >= 11 is 0. The minimum absolute atomic E-state index is 1.02. The molecule has 0 saturated carbocycles. The molecule has 2 rings (SSSR count). The molecule has 0 amide bonds. The predicted octanol–water partition coefficient (Wildman–Crippen LogP) is 1.40. The van der Waals surface area contributed by atoms with Crippen molar-refractivity contribution in [2.24, 2.45) is 5.92 Å². The lowest BCUT2D eigenvalue weighted by atomic mass is 9.92. The van der Waals surface area contributed by atoms with Crippen LogP contribution in [-0.4, -0.2) is 62.7 Å². The molecule has 0 unspecified atom stereocenters. The molecule has 2 aliphatic rings. The molecule has 100 valence electrons. The number of likely N-dealkylation sites (tertiary alicyclic amines) is 1. The molecule has 1 N–H and O–H groups in total. The van der Waals surface area contributed by atoms with Gasteiger partial charge in [-0.2, -0.15) is 0 Å². The van der Waals surface area contributed by atoms with E-state index in [0.29, 0.717) is 0 Å². The van der Waals surface area contributed by atoms with Crippen molar-refractivity contribution in [1.82, 2.24) is 15.1 Å². The molecule has 0 aromatic rings. The van der Waals surface area contributed by atoms with E-state index in [1.807, 2.05) is 0 Å². The third-order valence-electron chi connectivity index (χ3n) is 4.38. The van der Waals surface area contributed by atoms with Crippen molar-refractivity contribution in [2.45, 2.75) is 32.1 Å². The lowest BCUT2D eigenvalue weighted by Gasteiger charge is -2.29. The summed E-state index contributed by atoms with van der Waals surface area (Å²) in [5.41, 5.74) is 0. The first-order valence-corrected chi connectivity index (χ1v) is 7.46. The lowest BCUT2D eigenvalue weighted by Crippen LogP contribution is -2.43. The van der Waals surface area contributed by atoms with Gasteiger partial charge in [0.25, 0.3) is 0 Å². The van der Waals surface area contributed by atoms with Gasteiger partial charge in [0.15, 0.2) is 0 Å². The Labute approximate surface area is 107 Å². The fourth-order valence-electron chi connectivity index (χ4n) is 3.05. The molecule has 2 heterocycles. The van der Waals surface area contributed by atoms with Crippen molar-refractivity contribution in [1.29, 1.82) is 0 Å². The van der Waals surface area contributed by atoms with Crippen LogP contribution in [0, 0.1) is 5.92 Å². The largest absolute Gasteiger partial charge is 0.314 e. The zero-order valence-corrected chi connectivity index (χ0v) is 11.5. The van der Waals surface area contributed by atoms with E-state index in [2.05, 4.69) is 22.2 Å². The van der Waals surface area contributed by atoms with Crippen LogP contribution < -0.4 is 5.32 Å². The van der Waals surface area contributed by atoms with Gasteiger partial charge in [-0.3, -0.25) is 0 Å². The molecular weight excluding hydrogens is 210 g/mol. The topological polar surface area (TPSA) is 18.5 Å². The second kappa shape index (κ2) is 7.34. The summed E-state index contributed by atoms with van der Waals surface area (Å²) in [6.07, 6.45) is 7.19. The van der Waals surface area contributed by atoms with E-state index in [-0.39, 0.29) is 0 Å². The summed E-state index contributed by atoms with van der Waals surface area (Å²) in [5, 5.41) is 3.41. The maximum absolute atomic E-state index is 3.41. The Balaban J connectivity index is 1.48. The maximum atomic E-state index is 3.41. The minimum Gasteiger partial charge on any atom is -0.314 e. The first-order valence-electron chi connectivity index (χ1n) is 7.46. The van der Waals surface area contributed by atoms with E-state index in [4.69, 9.17) is 0 Å². The summed E-state index contributed by atoms with van der Waals surface area (Å²) in [4.78, 5) is 5.09. The number of nitrogens with one attached hydrogen (secondary N) is 1. The van der Waals surface area contributed by atoms with Gasteiger partial charge in [0.1, 0.15) is 0 Å². The molecule has 0 bridgehead atoms. The van der Waals surface area contributed by atoms with Gasteiger partial charge in [-0.05, 0) is 51.9 Å². The summed E-state index contributed by atoms with van der Waals surface area (Å²) in [6, 6.07) is 0. The molecule has 17 heavy (non-hydrogen) atoms. The third-order valence-corrected chi connectivity index (χ3v) is 4.38. The predicted molar refractivity (Wildman–Crippen MR) is 73.4 cm³/mol. The first-order chi connectivity index (χ1) is 8.34. The van der Waals surface area contributed by atoms with Crippen LogP contribution in [0.1, 0.15) is 32.1 Å². The molecule has 2 saturated heterocycles. The van der Waals surface area contributed by atoms with Crippen LogP contribution >= 0.6 is 0 Å². The fourth-order valence-corrected chi connectivity index (χ4v) is 3.05. The van der Waals surface area contributed by atoms with Crippen molar-refractivity contribution in [3.05, 3.63) is 0 Å². The van der Waals surface area contributed by atoms with Crippen molar-refractivity contribution in [2.75, 3.05) is 52.9 Å². The normalized spacial score (nSPS) is 25.2. The summed E-state index contributed by atoms with van der Waals surface area (Å²) in [7, 11) is 2.25. The molecule has 2 aliphatic heterocycles. The van der Waals surface area contributed by atoms with Crippen LogP contribution in [0.25, 0.3) is 0 Å². The Morgan fingerprint density at radius 1 is 1.00 bits per heavy atom. The van der Waals surface area contributed by atoms with Gasteiger partial charge in [-0.15, -0.1) is 0 Å². The van der Waals surface area contributed by atoms with Crippen LogP contribution in [0.3, 0.4) is 0 Å². The van der Waals surface area contributed by atoms with Crippen molar-refractivity contribution in [3.8, 4) is 0 Å². The van der Waals surface area contributed by atoms with E-state index < -0.39 is 0 Å². The summed E-state index contributed by atoms with van der Waals surface area (Å²) < 4.78 is 0. The van der Waals surface area contributed by atoms with Crippen LogP contribution in [0.4, 0.5) is 0 Å². The van der Waals surface area contributed by atoms with Gasteiger partial charge in [-0.1, -0.05) is 12.8 Å². The monoisotopic (exact) mass is 239 g/mol. The van der Waals surface area contributed by atoms with Crippen LogP contribution in [-0.2, 0) is 0 Å². The Bertz CT molecular complexity index is 194. The van der Waals surface area contributed by atoms with Gasteiger partial charge < -0.3 is 15.1 Å². The number of hydrogen-bond acceptors (Lipinski definition) is 3. The van der Waals surface area contributed by atoms with Crippen molar-refractivity contribution >= 4 is 0 Å². The van der Waals surface area contributed by atoms with Gasteiger partial charge in [-0.25, -0.2) is 0 Å². The Morgan fingerprint density at radius 3 is 2.41 bits per heavy atom. The van der Waals surface area contributed by atoms with E-state index in [9.17, 15) is 0 Å². The molecular formula is C14H29N3. The lowest BCUT2D eigenvalue weighted by molar-refractivity contribution is 0.202. The average Bonchev–Trinajstić information content (AvgIpc) is 2.38. The molecule has 2 fully saturated rings. The summed E-state index contributed by atoms with van der Waals surface area (Å²) in [5.74, 6) is 1.02. The minimum atomic E-state index is 1.02. The second-order valence-electron chi connectivity index (χ2n) is 5.83. The Hall–Kier alpha value is -0.120. The second-order valence-corrected chi connectivity index (χ2v) is 5.83. The van der Waals surface area contributed by atoms with Crippen LogP contribution in [0.2, 0.25) is 0 Å². The molecule has 3 heteroatoms. The number of rotatable bonds is 5. The van der Waals surface area contributed by atoms with E-state index in [0.717, 1.165) is 5.92 Å². The van der Waals surface area contributed by atoms with E-state index in [1.54, 1.807) is 0 Å². The van der Waals surface area contributed by atoms with Gasteiger partial charge >= 0.3 is 0 Å². The third kappa shape index (κ3) is 4.94. The SMILES string of the molecule is CN1CCC(CCCCN2CCNCC2)CC1. The maximum Gasteiger partial charge on any atom is 0.0107 e. The van der Waals surface area contributed by atoms with E-state index >= 15 is 0 Å². The molecule has 0 aromatic carbocycles. The number of hydrogen-bond donors (Lipinski definition) is 1. The molecule has 0 atom stereocenters. The van der Waals surface area contributed by atoms with E-state index in [1.165, 1.54) is 77.9 Å². The standard InChI is InChI=1S/C14H29N3/c1-16-10-5-14(6-11-16)4-2-3-9-17-12-7-15-8-13-17/h14-15H,2-13H2,1H3.